The van der Waals surface area contributed by atoms with Gasteiger partial charge in [0.25, 0.3) is 0 Å². The zero-order valence-corrected chi connectivity index (χ0v) is 14.1. The second kappa shape index (κ2) is 6.28. The van der Waals surface area contributed by atoms with Crippen molar-refractivity contribution in [2.24, 2.45) is 0 Å². The van der Waals surface area contributed by atoms with Crippen LogP contribution in [0, 0.1) is 5.82 Å². The molecule has 3 rings (SSSR count). The van der Waals surface area contributed by atoms with Crippen molar-refractivity contribution in [3.63, 3.8) is 0 Å². The molecule has 0 aromatic heterocycles. The molecule has 0 radical (unpaired) electrons. The van der Waals surface area contributed by atoms with E-state index in [0.29, 0.717) is 21.5 Å². The number of halogens is 4. The lowest BCUT2D eigenvalue weighted by Gasteiger charge is -2.25. The molecular formula is C15H9Cl3FNOS. The van der Waals surface area contributed by atoms with Crippen LogP contribution >= 0.6 is 46.6 Å². The van der Waals surface area contributed by atoms with Crippen LogP contribution in [0.25, 0.3) is 0 Å². The Morgan fingerprint density at radius 1 is 1.14 bits per heavy atom. The molecule has 2 aromatic carbocycles. The molecule has 1 amide bonds. The van der Waals surface area contributed by atoms with E-state index in [2.05, 4.69) is 0 Å². The van der Waals surface area contributed by atoms with Gasteiger partial charge in [0.15, 0.2) is 0 Å². The molecule has 1 aliphatic rings. The van der Waals surface area contributed by atoms with Crippen molar-refractivity contribution < 1.29 is 9.18 Å². The van der Waals surface area contributed by atoms with Gasteiger partial charge in [0.2, 0.25) is 5.91 Å². The van der Waals surface area contributed by atoms with Crippen molar-refractivity contribution >= 4 is 58.2 Å². The zero-order chi connectivity index (χ0) is 15.9. The first-order valence-corrected chi connectivity index (χ1v) is 8.50. The summed E-state index contributed by atoms with van der Waals surface area (Å²) in [5.74, 6) is -0.307. The van der Waals surface area contributed by atoms with Gasteiger partial charge in [0, 0.05) is 11.3 Å². The summed E-state index contributed by atoms with van der Waals surface area (Å²) >= 11 is 19.6. The highest BCUT2D eigenvalue weighted by molar-refractivity contribution is 8.00. The van der Waals surface area contributed by atoms with Crippen LogP contribution in [0.4, 0.5) is 10.1 Å². The van der Waals surface area contributed by atoms with Crippen LogP contribution in [0.1, 0.15) is 10.9 Å². The van der Waals surface area contributed by atoms with Gasteiger partial charge in [0.1, 0.15) is 11.2 Å². The summed E-state index contributed by atoms with van der Waals surface area (Å²) in [5, 5.41) is 0.490. The molecule has 0 spiro atoms. The van der Waals surface area contributed by atoms with Gasteiger partial charge in [-0.25, -0.2) is 4.39 Å². The fraction of sp³-hybridized carbons (Fsp3) is 0.133. The third-order valence-corrected chi connectivity index (χ3v) is 5.61. The summed E-state index contributed by atoms with van der Waals surface area (Å²) in [7, 11) is 0. The van der Waals surface area contributed by atoms with E-state index in [1.807, 2.05) is 6.07 Å². The number of carbonyl (C=O) groups is 1. The highest BCUT2D eigenvalue weighted by atomic mass is 35.5. The van der Waals surface area contributed by atoms with Gasteiger partial charge in [-0.3, -0.25) is 9.69 Å². The standard InChI is InChI=1S/C15H9Cl3FNOS/c16-10-3-1-2-9(14(10)18)15-20(13(21)7-22-15)8-4-5-12(19)11(17)6-8/h1-6,15H,7H2/t15-/m1/s1. The Bertz CT molecular complexity index is 756. The second-order valence-corrected chi connectivity index (χ2v) is 6.93. The van der Waals surface area contributed by atoms with Crippen molar-refractivity contribution in [3.05, 3.63) is 62.8 Å². The third kappa shape index (κ3) is 2.81. The summed E-state index contributed by atoms with van der Waals surface area (Å²) in [4.78, 5) is 13.8. The first-order chi connectivity index (χ1) is 10.5. The summed E-state index contributed by atoms with van der Waals surface area (Å²) in [6, 6.07) is 9.49. The van der Waals surface area contributed by atoms with Crippen molar-refractivity contribution in [3.8, 4) is 0 Å². The molecule has 2 nitrogen and oxygen atoms in total. The Labute approximate surface area is 146 Å². The SMILES string of the molecule is O=C1CS[C@H](c2cccc(Cl)c2Cl)N1c1ccc(F)c(Cl)c1. The van der Waals surface area contributed by atoms with E-state index in [4.69, 9.17) is 34.8 Å². The maximum Gasteiger partial charge on any atom is 0.238 e. The summed E-state index contributed by atoms with van der Waals surface area (Å²) in [6.45, 7) is 0. The molecule has 1 fully saturated rings. The van der Waals surface area contributed by atoms with Gasteiger partial charge in [-0.15, -0.1) is 11.8 Å². The van der Waals surface area contributed by atoms with Crippen molar-refractivity contribution in [2.75, 3.05) is 10.7 Å². The van der Waals surface area contributed by atoms with E-state index in [-0.39, 0.29) is 16.3 Å². The van der Waals surface area contributed by atoms with Gasteiger partial charge >= 0.3 is 0 Å². The van der Waals surface area contributed by atoms with Crippen molar-refractivity contribution in [2.45, 2.75) is 5.37 Å². The van der Waals surface area contributed by atoms with E-state index < -0.39 is 5.82 Å². The highest BCUT2D eigenvalue weighted by Crippen LogP contribution is 2.45. The molecular weight excluding hydrogens is 368 g/mol. The average molecular weight is 377 g/mol. The van der Waals surface area contributed by atoms with Crippen LogP contribution in [0.3, 0.4) is 0 Å². The lowest BCUT2D eigenvalue weighted by molar-refractivity contribution is -0.115. The third-order valence-electron chi connectivity index (χ3n) is 3.30. The highest BCUT2D eigenvalue weighted by Gasteiger charge is 2.35. The van der Waals surface area contributed by atoms with Crippen LogP contribution in [-0.4, -0.2) is 11.7 Å². The van der Waals surface area contributed by atoms with Gasteiger partial charge in [0.05, 0.1) is 20.8 Å². The number of hydrogen-bond donors (Lipinski definition) is 0. The van der Waals surface area contributed by atoms with Crippen LogP contribution in [0.2, 0.25) is 15.1 Å². The van der Waals surface area contributed by atoms with E-state index in [1.54, 1.807) is 17.0 Å². The number of hydrogen-bond acceptors (Lipinski definition) is 2. The number of benzene rings is 2. The Kier molecular flexibility index (Phi) is 4.55. The maximum absolute atomic E-state index is 13.3. The minimum absolute atomic E-state index is 0.0295. The Hall–Kier alpha value is -0.940. The molecule has 0 aliphatic carbocycles. The minimum atomic E-state index is -0.526. The summed E-state index contributed by atoms with van der Waals surface area (Å²) in [5.41, 5.74) is 1.27. The molecule has 1 atom stereocenters. The van der Waals surface area contributed by atoms with E-state index in [9.17, 15) is 9.18 Å². The van der Waals surface area contributed by atoms with Gasteiger partial charge < -0.3 is 0 Å². The van der Waals surface area contributed by atoms with Crippen LogP contribution in [0.5, 0.6) is 0 Å². The maximum atomic E-state index is 13.3. The first-order valence-electron chi connectivity index (χ1n) is 6.31. The Morgan fingerprint density at radius 3 is 2.64 bits per heavy atom. The van der Waals surface area contributed by atoms with Crippen molar-refractivity contribution in [1.82, 2.24) is 0 Å². The molecule has 1 saturated heterocycles. The quantitative estimate of drug-likeness (QED) is 0.683. The Morgan fingerprint density at radius 2 is 1.91 bits per heavy atom. The normalized spacial score (nSPS) is 18.1. The molecule has 2 aromatic rings. The molecule has 1 aliphatic heterocycles. The first kappa shape index (κ1) is 15.9. The number of carbonyl (C=O) groups excluding carboxylic acids is 1. The predicted molar refractivity (Wildman–Crippen MR) is 90.6 cm³/mol. The predicted octanol–water partition coefficient (Wildman–Crippen LogP) is 5.56. The molecule has 7 heteroatoms. The molecule has 0 bridgehead atoms. The average Bonchev–Trinajstić information content (AvgIpc) is 2.86. The molecule has 0 saturated carbocycles. The molecule has 0 N–H and O–H groups in total. The van der Waals surface area contributed by atoms with E-state index in [0.717, 1.165) is 5.56 Å². The Balaban J connectivity index is 2.06. The number of thioether (sulfide) groups is 1. The molecule has 0 unspecified atom stereocenters. The van der Waals surface area contributed by atoms with Crippen LogP contribution in [-0.2, 0) is 4.79 Å². The summed E-state index contributed by atoms with van der Waals surface area (Å²) in [6.07, 6.45) is 0. The van der Waals surface area contributed by atoms with Crippen molar-refractivity contribution in [1.29, 1.82) is 0 Å². The second-order valence-electron chi connectivity index (χ2n) is 4.67. The fourth-order valence-electron chi connectivity index (χ4n) is 2.28. The minimum Gasteiger partial charge on any atom is -0.295 e. The van der Waals surface area contributed by atoms with E-state index >= 15 is 0 Å². The lowest BCUT2D eigenvalue weighted by Crippen LogP contribution is -2.28. The van der Waals surface area contributed by atoms with Gasteiger partial charge in [-0.05, 0) is 24.3 Å². The fourth-order valence-corrected chi connectivity index (χ4v) is 4.13. The molecule has 1 heterocycles. The van der Waals surface area contributed by atoms with Crippen LogP contribution < -0.4 is 4.90 Å². The molecule has 22 heavy (non-hydrogen) atoms. The monoisotopic (exact) mass is 375 g/mol. The largest absolute Gasteiger partial charge is 0.295 e. The summed E-state index contributed by atoms with van der Waals surface area (Å²) < 4.78 is 13.3. The topological polar surface area (TPSA) is 20.3 Å². The smallest absolute Gasteiger partial charge is 0.238 e. The number of rotatable bonds is 2. The number of amides is 1. The van der Waals surface area contributed by atoms with Crippen LogP contribution in [0.15, 0.2) is 36.4 Å². The van der Waals surface area contributed by atoms with E-state index in [1.165, 1.54) is 30.0 Å². The zero-order valence-electron chi connectivity index (χ0n) is 11.0. The van der Waals surface area contributed by atoms with Gasteiger partial charge in [-0.1, -0.05) is 46.9 Å². The number of nitrogens with zero attached hydrogens (tertiary/aromatic N) is 1. The van der Waals surface area contributed by atoms with Gasteiger partial charge in [-0.2, -0.15) is 0 Å². The lowest BCUT2D eigenvalue weighted by atomic mass is 10.2. The molecule has 114 valence electrons. The number of anilines is 1.